The Morgan fingerprint density at radius 3 is 2.73 bits per heavy atom. The van der Waals surface area contributed by atoms with Crippen LogP contribution in [0.15, 0.2) is 30.7 Å². The average Bonchev–Trinajstić information content (AvgIpc) is 2.62. The Bertz CT molecular complexity index is 769. The van der Waals surface area contributed by atoms with Gasteiger partial charge in [-0.1, -0.05) is 27.7 Å². The van der Waals surface area contributed by atoms with Gasteiger partial charge in [-0.05, 0) is 43.2 Å². The highest BCUT2D eigenvalue weighted by molar-refractivity contribution is 5.79. The van der Waals surface area contributed by atoms with Crippen LogP contribution in [0.1, 0.15) is 64.3 Å². The lowest BCUT2D eigenvalue weighted by molar-refractivity contribution is -0.126. The molecular formula is C21H28N4O. The molecule has 1 amide bonds. The van der Waals surface area contributed by atoms with Gasteiger partial charge in [0.25, 0.3) is 0 Å². The van der Waals surface area contributed by atoms with Crippen LogP contribution in [0.4, 0.5) is 0 Å². The van der Waals surface area contributed by atoms with Crippen LogP contribution in [0.2, 0.25) is 0 Å². The third-order valence-corrected chi connectivity index (χ3v) is 5.27. The fourth-order valence-electron chi connectivity index (χ4n) is 3.76. The number of aromatic nitrogens is 3. The Balaban J connectivity index is 1.92. The first-order chi connectivity index (χ1) is 12.4. The maximum atomic E-state index is 12.6. The summed E-state index contributed by atoms with van der Waals surface area (Å²) >= 11 is 0. The highest BCUT2D eigenvalue weighted by Gasteiger charge is 2.35. The molecule has 0 fully saturated rings. The van der Waals surface area contributed by atoms with Gasteiger partial charge in [0.2, 0.25) is 5.91 Å². The molecule has 2 aromatic rings. The Labute approximate surface area is 155 Å². The molecule has 2 aromatic heterocycles. The van der Waals surface area contributed by atoms with Gasteiger partial charge in [-0.25, -0.2) is 9.97 Å². The van der Waals surface area contributed by atoms with Crippen molar-refractivity contribution >= 4 is 5.91 Å². The second-order valence-corrected chi connectivity index (χ2v) is 7.96. The van der Waals surface area contributed by atoms with E-state index in [9.17, 15) is 4.79 Å². The molecule has 0 radical (unpaired) electrons. The monoisotopic (exact) mass is 352 g/mol. The summed E-state index contributed by atoms with van der Waals surface area (Å²) in [5, 5.41) is 3.26. The maximum Gasteiger partial charge on any atom is 0.223 e. The van der Waals surface area contributed by atoms with Gasteiger partial charge in [0.1, 0.15) is 0 Å². The van der Waals surface area contributed by atoms with Crippen LogP contribution in [-0.4, -0.2) is 20.9 Å². The molecule has 0 bridgehead atoms. The zero-order chi connectivity index (χ0) is 18.7. The van der Waals surface area contributed by atoms with Crippen LogP contribution in [-0.2, 0) is 11.2 Å². The minimum absolute atomic E-state index is 0.0233. The summed E-state index contributed by atoms with van der Waals surface area (Å²) in [6.45, 7) is 8.60. The Hall–Kier alpha value is -2.30. The van der Waals surface area contributed by atoms with E-state index in [1.54, 1.807) is 12.4 Å². The maximum absolute atomic E-state index is 12.6. The first-order valence-corrected chi connectivity index (χ1v) is 9.50. The van der Waals surface area contributed by atoms with E-state index in [2.05, 4.69) is 43.0 Å². The van der Waals surface area contributed by atoms with Gasteiger partial charge < -0.3 is 5.32 Å². The van der Waals surface area contributed by atoms with Gasteiger partial charge in [-0.3, -0.25) is 9.78 Å². The number of hydrogen-bond acceptors (Lipinski definition) is 4. The molecular weight excluding hydrogens is 324 g/mol. The Kier molecular flexibility index (Phi) is 5.35. The quantitative estimate of drug-likeness (QED) is 0.879. The predicted octanol–water partition coefficient (Wildman–Crippen LogP) is 4.10. The van der Waals surface area contributed by atoms with Crippen LogP contribution in [0.5, 0.6) is 0 Å². The third-order valence-electron chi connectivity index (χ3n) is 5.27. The normalized spacial score (nSPS) is 18.4. The molecule has 0 saturated heterocycles. The van der Waals surface area contributed by atoms with E-state index in [0.717, 1.165) is 42.5 Å². The van der Waals surface area contributed by atoms with E-state index in [0.29, 0.717) is 5.82 Å². The third kappa shape index (κ3) is 3.92. The van der Waals surface area contributed by atoms with Crippen LogP contribution < -0.4 is 5.32 Å². The molecule has 0 saturated carbocycles. The summed E-state index contributed by atoms with van der Waals surface area (Å²) < 4.78 is 0. The van der Waals surface area contributed by atoms with Gasteiger partial charge in [-0.15, -0.1) is 0 Å². The van der Waals surface area contributed by atoms with Gasteiger partial charge in [0.05, 0.1) is 11.7 Å². The molecule has 0 aromatic carbocycles. The van der Waals surface area contributed by atoms with Crippen LogP contribution in [0.25, 0.3) is 11.4 Å². The van der Waals surface area contributed by atoms with Crippen molar-refractivity contribution in [3.63, 3.8) is 0 Å². The molecule has 3 rings (SSSR count). The molecule has 5 heteroatoms. The predicted molar refractivity (Wildman–Crippen MR) is 102 cm³/mol. The molecule has 5 nitrogen and oxygen atoms in total. The summed E-state index contributed by atoms with van der Waals surface area (Å²) in [5.41, 5.74) is 3.08. The SMILES string of the molecule is CCC(CC)C(=O)N[C@@H]1CC(C)(C)Cc2nc(-c3cccnc3)ncc21. The highest BCUT2D eigenvalue weighted by atomic mass is 16.1. The first-order valence-electron chi connectivity index (χ1n) is 9.50. The van der Waals surface area contributed by atoms with Crippen LogP contribution >= 0.6 is 0 Å². The van der Waals surface area contributed by atoms with Gasteiger partial charge in [0.15, 0.2) is 5.82 Å². The summed E-state index contributed by atoms with van der Waals surface area (Å²) in [6, 6.07) is 3.83. The van der Waals surface area contributed by atoms with Crippen molar-refractivity contribution < 1.29 is 4.79 Å². The second kappa shape index (κ2) is 7.52. The molecule has 1 aliphatic carbocycles. The first kappa shape index (κ1) is 18.5. The Morgan fingerprint density at radius 2 is 2.08 bits per heavy atom. The van der Waals surface area contributed by atoms with Gasteiger partial charge in [0, 0.05) is 35.6 Å². The van der Waals surface area contributed by atoms with E-state index in [4.69, 9.17) is 4.98 Å². The topological polar surface area (TPSA) is 67.8 Å². The standard InChI is InChI=1S/C21H28N4O/c1-5-14(6-2)20(26)25-18-11-21(3,4)10-17-16(18)13-23-19(24-17)15-8-7-9-22-12-15/h7-9,12-14,18H,5-6,10-11H2,1-4H3,(H,25,26)/t18-/m1/s1. The molecule has 0 unspecified atom stereocenters. The van der Waals surface area contributed by atoms with Crippen molar-refractivity contribution in [2.75, 3.05) is 0 Å². The minimum Gasteiger partial charge on any atom is -0.349 e. The zero-order valence-electron chi connectivity index (χ0n) is 16.1. The number of amides is 1. The molecule has 0 aliphatic heterocycles. The smallest absolute Gasteiger partial charge is 0.223 e. The summed E-state index contributed by atoms with van der Waals surface area (Å²) in [4.78, 5) is 26.1. The lowest BCUT2D eigenvalue weighted by Crippen LogP contribution is -2.39. The molecule has 2 heterocycles. The van der Waals surface area contributed by atoms with E-state index >= 15 is 0 Å². The number of nitrogens with zero attached hydrogens (tertiary/aromatic N) is 3. The molecule has 0 spiro atoms. The van der Waals surface area contributed by atoms with Crippen molar-refractivity contribution in [1.82, 2.24) is 20.3 Å². The minimum atomic E-state index is -0.0233. The molecule has 26 heavy (non-hydrogen) atoms. The molecule has 1 atom stereocenters. The van der Waals surface area contributed by atoms with Gasteiger partial charge in [-0.2, -0.15) is 0 Å². The highest BCUT2D eigenvalue weighted by Crippen LogP contribution is 2.40. The van der Waals surface area contributed by atoms with Crippen LogP contribution in [0.3, 0.4) is 0 Å². The average molecular weight is 352 g/mol. The molecule has 1 aliphatic rings. The summed E-state index contributed by atoms with van der Waals surface area (Å²) in [7, 11) is 0. The number of nitrogens with one attached hydrogen (secondary N) is 1. The number of carbonyl (C=O) groups is 1. The van der Waals surface area contributed by atoms with Gasteiger partial charge >= 0.3 is 0 Å². The van der Waals surface area contributed by atoms with E-state index in [1.165, 1.54) is 0 Å². The number of pyridine rings is 1. The van der Waals surface area contributed by atoms with E-state index in [1.807, 2.05) is 18.3 Å². The van der Waals surface area contributed by atoms with Crippen LogP contribution in [0, 0.1) is 11.3 Å². The van der Waals surface area contributed by atoms with Crippen molar-refractivity contribution in [3.8, 4) is 11.4 Å². The largest absolute Gasteiger partial charge is 0.349 e. The fourth-order valence-corrected chi connectivity index (χ4v) is 3.76. The number of carbonyl (C=O) groups excluding carboxylic acids is 1. The number of rotatable bonds is 5. The molecule has 1 N–H and O–H groups in total. The number of fused-ring (bicyclic) bond motifs is 1. The summed E-state index contributed by atoms with van der Waals surface area (Å²) in [6.07, 6.45) is 8.93. The van der Waals surface area contributed by atoms with E-state index < -0.39 is 0 Å². The van der Waals surface area contributed by atoms with Crippen molar-refractivity contribution in [1.29, 1.82) is 0 Å². The van der Waals surface area contributed by atoms with Crippen molar-refractivity contribution in [2.45, 2.75) is 59.4 Å². The summed E-state index contributed by atoms with van der Waals surface area (Å²) in [5.74, 6) is 0.902. The lowest BCUT2D eigenvalue weighted by Gasteiger charge is -2.37. The Morgan fingerprint density at radius 1 is 1.31 bits per heavy atom. The zero-order valence-corrected chi connectivity index (χ0v) is 16.1. The number of hydrogen-bond donors (Lipinski definition) is 1. The molecule has 138 valence electrons. The lowest BCUT2D eigenvalue weighted by atomic mass is 9.74. The fraction of sp³-hybridized carbons (Fsp3) is 0.524. The second-order valence-electron chi connectivity index (χ2n) is 7.96. The van der Waals surface area contributed by atoms with Crippen molar-refractivity contribution in [2.24, 2.45) is 11.3 Å². The van der Waals surface area contributed by atoms with E-state index in [-0.39, 0.29) is 23.3 Å². The van der Waals surface area contributed by atoms with Crippen molar-refractivity contribution in [3.05, 3.63) is 42.0 Å².